The molecule has 0 fully saturated rings. The van der Waals surface area contributed by atoms with E-state index in [0.717, 1.165) is 0 Å². The van der Waals surface area contributed by atoms with E-state index >= 15 is 0 Å². The summed E-state index contributed by atoms with van der Waals surface area (Å²) in [5.41, 5.74) is 0.414. The number of hydrogen-bond acceptors (Lipinski definition) is 2. The summed E-state index contributed by atoms with van der Waals surface area (Å²) in [7, 11) is 0. The summed E-state index contributed by atoms with van der Waals surface area (Å²) in [6.07, 6.45) is 1.51. The molecule has 0 aromatic heterocycles. The van der Waals surface area contributed by atoms with Crippen molar-refractivity contribution < 1.29 is 9.53 Å². The average Bonchev–Trinajstić information content (AvgIpc) is 1.82. The third-order valence-electron chi connectivity index (χ3n) is 0.681. The van der Waals surface area contributed by atoms with Gasteiger partial charge in [0, 0.05) is 13.0 Å². The van der Waals surface area contributed by atoms with E-state index < -0.39 is 0 Å². The van der Waals surface area contributed by atoms with Crippen LogP contribution in [0, 0.1) is 7.43 Å². The summed E-state index contributed by atoms with van der Waals surface area (Å²) in [5.74, 6) is -0.366. The smallest absolute Gasteiger partial charge is 0.333 e. The van der Waals surface area contributed by atoms with E-state index in [1.54, 1.807) is 6.92 Å². The number of esters is 1. The lowest BCUT2D eigenvalue weighted by molar-refractivity contribution is -0.137. The Morgan fingerprint density at radius 2 is 2.20 bits per heavy atom. The lowest BCUT2D eigenvalue weighted by atomic mass is 10.4. The van der Waals surface area contributed by atoms with Crippen LogP contribution in [0.25, 0.3) is 0 Å². The van der Waals surface area contributed by atoms with Gasteiger partial charge < -0.3 is 4.74 Å². The molecule has 0 saturated carbocycles. The Hall–Kier alpha value is -1.05. The molecule has 0 rings (SSSR count). The van der Waals surface area contributed by atoms with Crippen molar-refractivity contribution in [3.63, 3.8) is 0 Å². The van der Waals surface area contributed by atoms with Crippen LogP contribution in [-0.2, 0) is 9.53 Å². The van der Waals surface area contributed by atoms with Crippen molar-refractivity contribution in [3.8, 4) is 0 Å². The Balaban J connectivity index is 0. The molecule has 0 heterocycles. The molecule has 0 bridgehead atoms. The van der Waals surface area contributed by atoms with Gasteiger partial charge in [-0.2, -0.15) is 0 Å². The summed E-state index contributed by atoms with van der Waals surface area (Å²) in [5, 5.41) is 0. The highest BCUT2D eigenvalue weighted by Gasteiger charge is 1.98. The molecule has 0 unspecified atom stereocenters. The number of hydrogen-bond donors (Lipinski definition) is 0. The lowest BCUT2D eigenvalue weighted by Gasteiger charge is -1.97. The van der Waals surface area contributed by atoms with Crippen molar-refractivity contribution in [2.75, 3.05) is 6.61 Å². The van der Waals surface area contributed by atoms with Crippen LogP contribution in [0.2, 0.25) is 0 Å². The Morgan fingerprint density at radius 3 is 2.50 bits per heavy atom. The van der Waals surface area contributed by atoms with Gasteiger partial charge in [0.25, 0.3) is 0 Å². The standard InChI is InChI=1S/C7H10O2.C/c1-4-5-9-7(8)6(2)3;/h4H,1-2,5H2,3H3;. The van der Waals surface area contributed by atoms with E-state index in [1.807, 2.05) is 0 Å². The van der Waals surface area contributed by atoms with Crippen molar-refractivity contribution >= 4 is 5.97 Å². The first-order chi connectivity index (χ1) is 4.18. The maximum atomic E-state index is 10.5. The molecule has 0 spiro atoms. The van der Waals surface area contributed by atoms with Gasteiger partial charge >= 0.3 is 5.97 Å². The zero-order chi connectivity index (χ0) is 7.28. The second kappa shape index (κ2) is 6.08. The van der Waals surface area contributed by atoms with Gasteiger partial charge in [-0.1, -0.05) is 19.2 Å². The quantitative estimate of drug-likeness (QED) is 0.334. The molecule has 0 aromatic carbocycles. The fourth-order valence-corrected chi connectivity index (χ4v) is 0.258. The third kappa shape index (κ3) is 5.09. The first-order valence-corrected chi connectivity index (χ1v) is 2.62. The first kappa shape index (κ1) is 11.7. The highest BCUT2D eigenvalue weighted by Crippen LogP contribution is 1.90. The molecule has 0 atom stereocenters. The average molecular weight is 138 g/mol. The monoisotopic (exact) mass is 138 g/mol. The van der Waals surface area contributed by atoms with Crippen LogP contribution in [0.1, 0.15) is 6.92 Å². The zero-order valence-electron chi connectivity index (χ0n) is 6.02. The summed E-state index contributed by atoms with van der Waals surface area (Å²) >= 11 is 0. The maximum absolute atomic E-state index is 10.5. The minimum absolute atomic E-state index is 0. The van der Waals surface area contributed by atoms with Gasteiger partial charge in [-0.15, -0.1) is 0 Å². The topological polar surface area (TPSA) is 26.3 Å². The highest BCUT2D eigenvalue weighted by molar-refractivity contribution is 5.86. The minimum atomic E-state index is -0.366. The van der Waals surface area contributed by atoms with E-state index in [-0.39, 0.29) is 20.0 Å². The highest BCUT2D eigenvalue weighted by atomic mass is 16.5. The molecule has 0 aliphatic rings. The molecule has 0 saturated heterocycles. The summed E-state index contributed by atoms with van der Waals surface area (Å²) < 4.78 is 4.60. The van der Waals surface area contributed by atoms with Crippen molar-refractivity contribution in [1.29, 1.82) is 0 Å². The summed E-state index contributed by atoms with van der Waals surface area (Å²) in [4.78, 5) is 10.5. The van der Waals surface area contributed by atoms with Crippen LogP contribution < -0.4 is 0 Å². The molecular weight excluding hydrogens is 128 g/mol. The molecule has 0 aliphatic heterocycles. The normalized spacial score (nSPS) is 7.30. The van der Waals surface area contributed by atoms with E-state index in [9.17, 15) is 4.79 Å². The molecular formula is C8H10O2. The number of rotatable bonds is 3. The van der Waals surface area contributed by atoms with Gasteiger partial charge in [0.15, 0.2) is 0 Å². The first-order valence-electron chi connectivity index (χ1n) is 2.62. The Bertz CT molecular complexity index is 136. The number of ether oxygens (including phenoxy) is 1. The van der Waals surface area contributed by atoms with Crippen molar-refractivity contribution in [3.05, 3.63) is 32.2 Å². The summed E-state index contributed by atoms with van der Waals surface area (Å²) in [6.45, 7) is 8.64. The molecule has 0 N–H and O–H groups in total. The minimum Gasteiger partial charge on any atom is -0.458 e. The third-order valence-corrected chi connectivity index (χ3v) is 0.681. The van der Waals surface area contributed by atoms with Crippen molar-refractivity contribution in [2.24, 2.45) is 0 Å². The lowest BCUT2D eigenvalue weighted by Crippen LogP contribution is -2.03. The molecule has 2 nitrogen and oxygen atoms in total. The predicted molar refractivity (Wildman–Crippen MR) is 39.2 cm³/mol. The van der Waals surface area contributed by atoms with Crippen molar-refractivity contribution in [2.45, 2.75) is 6.92 Å². The van der Waals surface area contributed by atoms with Gasteiger partial charge in [0.1, 0.15) is 6.61 Å². The zero-order valence-corrected chi connectivity index (χ0v) is 6.02. The van der Waals surface area contributed by atoms with E-state index in [2.05, 4.69) is 17.9 Å². The van der Waals surface area contributed by atoms with Gasteiger partial charge in [0.05, 0.1) is 0 Å². The van der Waals surface area contributed by atoms with E-state index in [0.29, 0.717) is 5.57 Å². The summed E-state index contributed by atoms with van der Waals surface area (Å²) in [6, 6.07) is 0. The van der Waals surface area contributed by atoms with E-state index in [4.69, 9.17) is 0 Å². The van der Waals surface area contributed by atoms with E-state index in [1.165, 1.54) is 6.08 Å². The van der Waals surface area contributed by atoms with Crippen LogP contribution in [0.4, 0.5) is 0 Å². The van der Waals surface area contributed by atoms with Crippen LogP contribution in [-0.4, -0.2) is 12.6 Å². The molecule has 54 valence electrons. The SMILES string of the molecule is C=CCOC(=O)C(=C)C.[C]. The van der Waals surface area contributed by atoms with Gasteiger partial charge in [0.2, 0.25) is 0 Å². The van der Waals surface area contributed by atoms with Crippen LogP contribution in [0.5, 0.6) is 0 Å². The van der Waals surface area contributed by atoms with Gasteiger partial charge in [-0.25, -0.2) is 4.79 Å². The number of carbonyl (C=O) groups excluding carboxylic acids is 1. The molecule has 0 amide bonds. The largest absolute Gasteiger partial charge is 0.458 e. The molecule has 4 radical (unpaired) electrons. The molecule has 0 aromatic rings. The second-order valence-electron chi connectivity index (χ2n) is 1.67. The van der Waals surface area contributed by atoms with Gasteiger partial charge in [-0.05, 0) is 6.92 Å². The van der Waals surface area contributed by atoms with Gasteiger partial charge in [-0.3, -0.25) is 0 Å². The number of carbonyl (C=O) groups is 1. The van der Waals surface area contributed by atoms with Crippen molar-refractivity contribution in [1.82, 2.24) is 0 Å². The fourth-order valence-electron chi connectivity index (χ4n) is 0.258. The van der Waals surface area contributed by atoms with Crippen LogP contribution in [0.15, 0.2) is 24.8 Å². The Morgan fingerprint density at radius 1 is 1.70 bits per heavy atom. The fraction of sp³-hybridized carbons (Fsp3) is 0.250. The molecule has 2 heteroatoms. The predicted octanol–water partition coefficient (Wildman–Crippen LogP) is 1.37. The second-order valence-corrected chi connectivity index (χ2v) is 1.67. The Labute approximate surface area is 62.2 Å². The maximum Gasteiger partial charge on any atom is 0.333 e. The van der Waals surface area contributed by atoms with Crippen LogP contribution in [0.3, 0.4) is 0 Å². The van der Waals surface area contributed by atoms with Crippen LogP contribution >= 0.6 is 0 Å². The molecule has 0 aliphatic carbocycles. The Kier molecular flexibility index (Phi) is 7.12. The molecule has 10 heavy (non-hydrogen) atoms.